The summed E-state index contributed by atoms with van der Waals surface area (Å²) in [6.07, 6.45) is 4.55. The largest absolute Gasteiger partial charge is 0.362 e. The molecule has 1 aliphatic rings. The van der Waals surface area contributed by atoms with Gasteiger partial charge in [0.15, 0.2) is 5.82 Å². The Balaban J connectivity index is 2.30. The van der Waals surface area contributed by atoms with Gasteiger partial charge in [-0.05, 0) is 33.1 Å². The highest BCUT2D eigenvalue weighted by Gasteiger charge is 2.33. The van der Waals surface area contributed by atoms with Crippen molar-refractivity contribution in [3.05, 3.63) is 22.7 Å². The maximum atomic E-state index is 12.1. The fourth-order valence-corrected chi connectivity index (χ4v) is 1.74. The van der Waals surface area contributed by atoms with Crippen molar-refractivity contribution in [2.75, 3.05) is 5.32 Å². The minimum atomic E-state index is -0.203. The molecule has 1 aromatic rings. The van der Waals surface area contributed by atoms with E-state index in [1.165, 1.54) is 0 Å². The fraction of sp³-hybridized carbons (Fsp3) is 0.667. The van der Waals surface area contributed by atoms with Crippen LogP contribution in [0.25, 0.3) is 0 Å². The average Bonchev–Trinajstić information content (AvgIpc) is 2.83. The van der Waals surface area contributed by atoms with Crippen LogP contribution in [0.4, 0.5) is 5.82 Å². The maximum absolute atomic E-state index is 12.1. The number of anilines is 1. The third kappa shape index (κ3) is 2.10. The summed E-state index contributed by atoms with van der Waals surface area (Å²) in [6, 6.07) is 0.427. The van der Waals surface area contributed by atoms with E-state index in [9.17, 15) is 4.79 Å². The Morgan fingerprint density at radius 2 is 2.12 bits per heavy atom. The molecule has 4 heteroatoms. The molecule has 0 radical (unpaired) electrons. The molecule has 0 spiro atoms. The zero-order valence-corrected chi connectivity index (χ0v) is 10.3. The van der Waals surface area contributed by atoms with Crippen molar-refractivity contribution in [3.63, 3.8) is 0 Å². The van der Waals surface area contributed by atoms with Crippen molar-refractivity contribution < 1.29 is 0 Å². The van der Waals surface area contributed by atoms with E-state index < -0.39 is 0 Å². The van der Waals surface area contributed by atoms with E-state index in [0.717, 1.165) is 6.42 Å². The summed E-state index contributed by atoms with van der Waals surface area (Å²) in [5.41, 5.74) is -0.236. The Morgan fingerprint density at radius 3 is 2.62 bits per heavy atom. The number of nitrogens with one attached hydrogen (secondary N) is 1. The zero-order valence-electron chi connectivity index (χ0n) is 10.3. The van der Waals surface area contributed by atoms with Crippen molar-refractivity contribution in [2.45, 2.75) is 45.7 Å². The van der Waals surface area contributed by atoms with Crippen molar-refractivity contribution in [1.29, 1.82) is 0 Å². The molecule has 0 aliphatic heterocycles. The molecule has 1 aliphatic carbocycles. The molecule has 0 amide bonds. The predicted octanol–water partition coefficient (Wildman–Crippen LogP) is 1.82. The van der Waals surface area contributed by atoms with Gasteiger partial charge in [0.2, 0.25) is 0 Å². The molecule has 2 unspecified atom stereocenters. The first-order chi connectivity index (χ1) is 7.39. The van der Waals surface area contributed by atoms with Crippen molar-refractivity contribution in [1.82, 2.24) is 9.55 Å². The summed E-state index contributed by atoms with van der Waals surface area (Å²) in [7, 11) is 0. The van der Waals surface area contributed by atoms with E-state index in [0.29, 0.717) is 17.8 Å². The van der Waals surface area contributed by atoms with Crippen LogP contribution < -0.4 is 10.9 Å². The van der Waals surface area contributed by atoms with Gasteiger partial charge in [-0.15, -0.1) is 0 Å². The number of rotatable bonds is 2. The summed E-state index contributed by atoms with van der Waals surface area (Å²) in [5, 5.41) is 3.20. The van der Waals surface area contributed by atoms with Crippen molar-refractivity contribution >= 4 is 5.82 Å². The normalized spacial score (nSPS) is 24.2. The first kappa shape index (κ1) is 11.2. The van der Waals surface area contributed by atoms with Gasteiger partial charge in [0.1, 0.15) is 0 Å². The molecule has 2 atom stereocenters. The number of nitrogens with zero attached hydrogens (tertiary/aromatic N) is 2. The smallest absolute Gasteiger partial charge is 0.293 e. The molecule has 1 heterocycles. The van der Waals surface area contributed by atoms with Crippen LogP contribution in [0, 0.1) is 5.92 Å². The number of aromatic nitrogens is 2. The molecule has 1 N–H and O–H groups in total. The van der Waals surface area contributed by atoms with Gasteiger partial charge in [-0.3, -0.25) is 4.79 Å². The highest BCUT2D eigenvalue weighted by molar-refractivity contribution is 5.35. The lowest BCUT2D eigenvalue weighted by Gasteiger charge is -2.22. The zero-order chi connectivity index (χ0) is 11.9. The molecular weight excluding hydrogens is 202 g/mol. The van der Waals surface area contributed by atoms with Crippen LogP contribution in [0.5, 0.6) is 0 Å². The third-order valence-electron chi connectivity index (χ3n) is 3.00. The van der Waals surface area contributed by atoms with Crippen LogP contribution >= 0.6 is 0 Å². The number of hydrogen-bond acceptors (Lipinski definition) is 3. The van der Waals surface area contributed by atoms with Gasteiger partial charge >= 0.3 is 0 Å². The predicted molar refractivity (Wildman–Crippen MR) is 64.7 cm³/mol. The van der Waals surface area contributed by atoms with E-state index in [1.54, 1.807) is 17.0 Å². The van der Waals surface area contributed by atoms with Gasteiger partial charge in [-0.2, -0.15) is 0 Å². The molecule has 1 saturated carbocycles. The van der Waals surface area contributed by atoms with Crippen molar-refractivity contribution in [2.24, 2.45) is 5.92 Å². The summed E-state index contributed by atoms with van der Waals surface area (Å²) < 4.78 is 1.72. The summed E-state index contributed by atoms with van der Waals surface area (Å²) in [5.74, 6) is 1.14. The summed E-state index contributed by atoms with van der Waals surface area (Å²) in [6.45, 7) is 8.21. The quantitative estimate of drug-likeness (QED) is 0.828. The molecule has 1 aromatic heterocycles. The Labute approximate surface area is 95.7 Å². The lowest BCUT2D eigenvalue weighted by atomic mass is 10.1. The Morgan fingerprint density at radius 1 is 1.50 bits per heavy atom. The molecule has 0 aromatic carbocycles. The van der Waals surface area contributed by atoms with Crippen LogP contribution in [0.15, 0.2) is 17.2 Å². The van der Waals surface area contributed by atoms with Crippen LogP contribution in [0.2, 0.25) is 0 Å². The van der Waals surface area contributed by atoms with Crippen LogP contribution in [0.3, 0.4) is 0 Å². The first-order valence-corrected chi connectivity index (χ1v) is 5.74. The second kappa shape index (κ2) is 3.61. The molecule has 0 saturated heterocycles. The molecular formula is C12H19N3O. The SMILES string of the molecule is CC1CC1Nc1nccn(C(C)(C)C)c1=O. The van der Waals surface area contributed by atoms with Gasteiger partial charge in [0.25, 0.3) is 5.56 Å². The monoisotopic (exact) mass is 221 g/mol. The standard InChI is InChI=1S/C12H19N3O/c1-8-7-9(8)14-10-11(16)15(6-5-13-10)12(2,3)4/h5-6,8-9H,7H2,1-4H3,(H,13,14). The van der Waals surface area contributed by atoms with Gasteiger partial charge in [0, 0.05) is 24.0 Å². The Bertz CT molecular complexity index is 444. The highest BCUT2D eigenvalue weighted by atomic mass is 16.1. The van der Waals surface area contributed by atoms with E-state index in [-0.39, 0.29) is 11.1 Å². The Hall–Kier alpha value is -1.32. The summed E-state index contributed by atoms with van der Waals surface area (Å²) >= 11 is 0. The first-order valence-electron chi connectivity index (χ1n) is 5.74. The minimum absolute atomic E-state index is 0.0332. The number of hydrogen-bond donors (Lipinski definition) is 1. The topological polar surface area (TPSA) is 46.9 Å². The fourth-order valence-electron chi connectivity index (χ4n) is 1.74. The highest BCUT2D eigenvalue weighted by Crippen LogP contribution is 2.31. The van der Waals surface area contributed by atoms with E-state index >= 15 is 0 Å². The van der Waals surface area contributed by atoms with Crippen LogP contribution in [-0.4, -0.2) is 15.6 Å². The van der Waals surface area contributed by atoms with E-state index in [2.05, 4.69) is 17.2 Å². The minimum Gasteiger partial charge on any atom is -0.362 e. The van der Waals surface area contributed by atoms with Gasteiger partial charge < -0.3 is 9.88 Å². The molecule has 0 bridgehead atoms. The maximum Gasteiger partial charge on any atom is 0.293 e. The van der Waals surface area contributed by atoms with Crippen LogP contribution in [0.1, 0.15) is 34.1 Å². The molecule has 2 rings (SSSR count). The Kier molecular flexibility index (Phi) is 2.52. The molecule has 1 fully saturated rings. The van der Waals surface area contributed by atoms with Crippen LogP contribution in [-0.2, 0) is 5.54 Å². The lowest BCUT2D eigenvalue weighted by molar-refractivity contribution is 0.383. The van der Waals surface area contributed by atoms with Gasteiger partial charge in [-0.1, -0.05) is 6.92 Å². The van der Waals surface area contributed by atoms with Gasteiger partial charge in [-0.25, -0.2) is 4.98 Å². The average molecular weight is 221 g/mol. The molecule has 88 valence electrons. The lowest BCUT2D eigenvalue weighted by Crippen LogP contribution is -2.35. The van der Waals surface area contributed by atoms with E-state index in [4.69, 9.17) is 0 Å². The second-order valence-corrected chi connectivity index (χ2v) is 5.59. The molecule has 16 heavy (non-hydrogen) atoms. The third-order valence-corrected chi connectivity index (χ3v) is 3.00. The molecule has 4 nitrogen and oxygen atoms in total. The second-order valence-electron chi connectivity index (χ2n) is 5.59. The van der Waals surface area contributed by atoms with Crippen molar-refractivity contribution in [3.8, 4) is 0 Å². The summed E-state index contributed by atoms with van der Waals surface area (Å²) in [4.78, 5) is 16.2. The van der Waals surface area contributed by atoms with Gasteiger partial charge in [0.05, 0.1) is 0 Å². The van der Waals surface area contributed by atoms with E-state index in [1.807, 2.05) is 20.8 Å².